The van der Waals surface area contributed by atoms with Crippen LogP contribution in [0.2, 0.25) is 0 Å². The van der Waals surface area contributed by atoms with Crippen LogP contribution in [-0.2, 0) is 42.2 Å². The van der Waals surface area contributed by atoms with Gasteiger partial charge in [-0.05, 0) is 96.3 Å². The second kappa shape index (κ2) is 49.6. The second-order valence-electron chi connectivity index (χ2n) is 16.6. The highest BCUT2D eigenvalue weighted by Crippen LogP contribution is 2.43. The van der Waals surface area contributed by atoms with Crippen molar-refractivity contribution in [1.82, 2.24) is 0 Å². The third-order valence-corrected chi connectivity index (χ3v) is 11.1. The number of esters is 3. The minimum absolute atomic E-state index is 0.0151. The third-order valence-electron chi connectivity index (χ3n) is 10.2. The molecule has 386 valence electrons. The van der Waals surface area contributed by atoms with Gasteiger partial charge in [0.2, 0.25) is 0 Å². The van der Waals surface area contributed by atoms with Crippen LogP contribution in [0.5, 0.6) is 0 Å². The van der Waals surface area contributed by atoms with Crippen molar-refractivity contribution in [2.45, 2.75) is 200 Å². The Hall–Kier alpha value is -3.86. The summed E-state index contributed by atoms with van der Waals surface area (Å²) < 4.78 is 39.2. The largest absolute Gasteiger partial charge is 0.472 e. The van der Waals surface area contributed by atoms with Crippen molar-refractivity contribution in [2.24, 2.45) is 0 Å². The minimum atomic E-state index is -4.77. The van der Waals surface area contributed by atoms with Crippen LogP contribution in [0, 0.1) is 0 Å². The van der Waals surface area contributed by atoms with Crippen LogP contribution in [0.15, 0.2) is 109 Å². The number of ether oxygens (including phenoxy) is 3. The summed E-state index contributed by atoms with van der Waals surface area (Å²) in [4.78, 5) is 48.2. The maximum Gasteiger partial charge on any atom is 0.472 e. The molecule has 0 saturated heterocycles. The summed E-state index contributed by atoms with van der Waals surface area (Å²) in [6.07, 6.45) is 58.0. The third kappa shape index (κ3) is 47.2. The molecule has 0 aromatic heterocycles. The van der Waals surface area contributed by atoms with E-state index in [9.17, 15) is 28.9 Å². The molecule has 0 fully saturated rings. The molecule has 0 rings (SSSR count). The fourth-order valence-corrected chi connectivity index (χ4v) is 7.09. The van der Waals surface area contributed by atoms with Crippen molar-refractivity contribution in [3.05, 3.63) is 109 Å². The summed E-state index contributed by atoms with van der Waals surface area (Å²) in [6, 6.07) is 0. The zero-order valence-corrected chi connectivity index (χ0v) is 43.2. The second-order valence-corrected chi connectivity index (χ2v) is 18.0. The number of aliphatic hydroxyl groups excluding tert-OH is 1. The average molecular weight is 971 g/mol. The zero-order chi connectivity index (χ0) is 49.9. The van der Waals surface area contributed by atoms with Gasteiger partial charge in [0.05, 0.1) is 26.2 Å². The van der Waals surface area contributed by atoms with Gasteiger partial charge in [0, 0.05) is 12.8 Å². The molecular weight excluding hydrogens is 880 g/mol. The Morgan fingerprint density at radius 2 is 0.809 bits per heavy atom. The molecule has 0 heterocycles. The van der Waals surface area contributed by atoms with Crippen LogP contribution in [-0.4, -0.2) is 66.5 Å². The molecule has 0 aromatic rings. The molecule has 0 radical (unpaired) electrons. The molecule has 0 bridgehead atoms. The van der Waals surface area contributed by atoms with E-state index in [0.717, 1.165) is 116 Å². The van der Waals surface area contributed by atoms with E-state index in [4.69, 9.17) is 23.3 Å². The average Bonchev–Trinajstić information content (AvgIpc) is 3.32. The number of unbranched alkanes of at least 4 members (excludes halogenated alkanes) is 12. The highest BCUT2D eigenvalue weighted by Gasteiger charge is 2.28. The molecule has 12 heteroatoms. The van der Waals surface area contributed by atoms with Gasteiger partial charge in [-0.1, -0.05) is 182 Å². The van der Waals surface area contributed by atoms with E-state index in [0.29, 0.717) is 19.3 Å². The van der Waals surface area contributed by atoms with Gasteiger partial charge < -0.3 is 24.2 Å². The Morgan fingerprint density at radius 1 is 0.441 bits per heavy atom. The van der Waals surface area contributed by atoms with Crippen molar-refractivity contribution in [3.63, 3.8) is 0 Å². The summed E-state index contributed by atoms with van der Waals surface area (Å²) in [5, 5.41) is 9.76. The lowest BCUT2D eigenvalue weighted by molar-refractivity contribution is -0.161. The van der Waals surface area contributed by atoms with E-state index < -0.39 is 64.4 Å². The molecule has 3 atom stereocenters. The lowest BCUT2D eigenvalue weighted by Crippen LogP contribution is -2.30. The number of allylic oxidation sites excluding steroid dienone is 17. The first-order chi connectivity index (χ1) is 33.2. The number of hydrogen-bond acceptors (Lipinski definition) is 10. The molecule has 0 spiro atoms. The fraction of sp³-hybridized carbons (Fsp3) is 0.625. The van der Waals surface area contributed by atoms with E-state index in [1.807, 2.05) is 12.2 Å². The standard InChI is InChI=1S/C56H91O11P/c1-4-7-10-13-16-19-22-24-26-28-31-33-36-39-42-45-54(58)63-49-53(67-56(60)47-44-41-38-35-32-29-27-25-23-20-17-14-11-8-5-2)51-65-68(61,62)64-50-52(48-57)66-55(59)46-43-40-37-34-30-21-18-15-12-9-6-3/h7-8,10-11,15-20,24-27,31,33,39,42,52-53,57H,4-6,9,12-14,21-23,28-30,32,34-38,40-41,43-51H2,1-3H3,(H,61,62)/b10-7-,11-8-,18-15-,19-16-,20-17-,26-24-,27-25-,33-31-,42-39-. The van der Waals surface area contributed by atoms with Gasteiger partial charge in [0.25, 0.3) is 0 Å². The van der Waals surface area contributed by atoms with Crippen LogP contribution < -0.4 is 0 Å². The van der Waals surface area contributed by atoms with Gasteiger partial charge in [-0.25, -0.2) is 4.57 Å². The summed E-state index contributed by atoms with van der Waals surface area (Å²) in [7, 11) is -4.77. The zero-order valence-electron chi connectivity index (χ0n) is 42.3. The molecule has 0 aliphatic heterocycles. The highest BCUT2D eigenvalue weighted by atomic mass is 31.2. The van der Waals surface area contributed by atoms with Gasteiger partial charge in [0.1, 0.15) is 12.7 Å². The molecule has 68 heavy (non-hydrogen) atoms. The monoisotopic (exact) mass is 971 g/mol. The van der Waals surface area contributed by atoms with Crippen LogP contribution >= 0.6 is 7.82 Å². The molecular formula is C56H91O11P. The lowest BCUT2D eigenvalue weighted by Gasteiger charge is -2.21. The van der Waals surface area contributed by atoms with Gasteiger partial charge >= 0.3 is 25.7 Å². The van der Waals surface area contributed by atoms with E-state index in [2.05, 4.69) is 112 Å². The first-order valence-corrected chi connectivity index (χ1v) is 27.3. The maximum absolute atomic E-state index is 12.8. The Bertz CT molecular complexity index is 1550. The van der Waals surface area contributed by atoms with Crippen molar-refractivity contribution in [2.75, 3.05) is 26.4 Å². The molecule has 0 aromatic carbocycles. The van der Waals surface area contributed by atoms with Crippen molar-refractivity contribution >= 4 is 25.7 Å². The van der Waals surface area contributed by atoms with E-state index in [1.54, 1.807) is 6.08 Å². The Morgan fingerprint density at radius 3 is 1.26 bits per heavy atom. The van der Waals surface area contributed by atoms with Crippen molar-refractivity contribution in [1.29, 1.82) is 0 Å². The molecule has 3 unspecified atom stereocenters. The van der Waals surface area contributed by atoms with Crippen LogP contribution in [0.1, 0.15) is 188 Å². The predicted octanol–water partition coefficient (Wildman–Crippen LogP) is 14.7. The number of hydrogen-bond donors (Lipinski definition) is 2. The molecule has 2 N–H and O–H groups in total. The molecule has 0 amide bonds. The Labute approximate surface area is 412 Å². The number of carbonyl (C=O) groups is 3. The van der Waals surface area contributed by atoms with E-state index >= 15 is 0 Å². The van der Waals surface area contributed by atoms with Gasteiger partial charge in [0.15, 0.2) is 6.10 Å². The molecule has 0 saturated carbocycles. The van der Waals surface area contributed by atoms with Crippen molar-refractivity contribution < 1.29 is 52.2 Å². The maximum atomic E-state index is 12.8. The first-order valence-electron chi connectivity index (χ1n) is 25.8. The molecule has 0 aliphatic rings. The highest BCUT2D eigenvalue weighted by molar-refractivity contribution is 7.47. The smallest absolute Gasteiger partial charge is 0.461 e. The minimum Gasteiger partial charge on any atom is -0.461 e. The van der Waals surface area contributed by atoms with Crippen molar-refractivity contribution in [3.8, 4) is 0 Å². The van der Waals surface area contributed by atoms with Gasteiger partial charge in [-0.15, -0.1) is 0 Å². The first kappa shape index (κ1) is 64.1. The Kier molecular flexibility index (Phi) is 46.7. The van der Waals surface area contributed by atoms with Crippen LogP contribution in [0.4, 0.5) is 0 Å². The molecule has 11 nitrogen and oxygen atoms in total. The van der Waals surface area contributed by atoms with Gasteiger partial charge in [-0.2, -0.15) is 0 Å². The summed E-state index contributed by atoms with van der Waals surface area (Å²) in [5.74, 6) is -1.66. The SMILES string of the molecule is CC/C=C\C/C=C\C/C=C\C/C=C\C/C=C\CC(=O)OCC(COP(=O)(O)OCC(CO)OC(=O)CCCCCCC/C=C\CCCC)OC(=O)CCCCCCC/C=C\C/C=C\C/C=C\CC. The predicted molar refractivity (Wildman–Crippen MR) is 279 cm³/mol. The van der Waals surface area contributed by atoms with Gasteiger partial charge in [-0.3, -0.25) is 23.4 Å². The van der Waals surface area contributed by atoms with Crippen LogP contribution in [0.25, 0.3) is 0 Å². The van der Waals surface area contributed by atoms with Crippen LogP contribution in [0.3, 0.4) is 0 Å². The lowest BCUT2D eigenvalue weighted by atomic mass is 10.1. The summed E-state index contributed by atoms with van der Waals surface area (Å²) in [5.41, 5.74) is 0. The van der Waals surface area contributed by atoms with E-state index in [1.165, 1.54) is 12.8 Å². The summed E-state index contributed by atoms with van der Waals surface area (Å²) in [6.45, 7) is 4.20. The Balaban J connectivity index is 4.92. The topological polar surface area (TPSA) is 155 Å². The number of rotatable bonds is 46. The number of aliphatic hydroxyl groups is 1. The fourth-order valence-electron chi connectivity index (χ4n) is 6.30. The van der Waals surface area contributed by atoms with E-state index in [-0.39, 0.29) is 19.3 Å². The number of phosphoric acid groups is 1. The molecule has 0 aliphatic carbocycles. The quantitative estimate of drug-likeness (QED) is 0.0197. The number of carbonyl (C=O) groups excluding carboxylic acids is 3. The number of phosphoric ester groups is 1. The normalized spacial score (nSPS) is 14.4. The summed E-state index contributed by atoms with van der Waals surface area (Å²) >= 11 is 0.